The van der Waals surface area contributed by atoms with Gasteiger partial charge in [-0.05, 0) is 6.07 Å². The van der Waals surface area contributed by atoms with Crippen LogP contribution < -0.4 is 26.4 Å². The third kappa shape index (κ3) is 7.95. The molecule has 0 atom stereocenters. The fraction of sp³-hybridized carbons (Fsp3) is 0.0976. The molecule has 0 spiro atoms. The first kappa shape index (κ1) is 49.3. The van der Waals surface area contributed by atoms with Gasteiger partial charge in [-0.15, -0.1) is 21.9 Å². The molecule has 0 bridgehead atoms. The molecular formula is C41H18BF20NO2. The number of aromatic nitrogens is 1. The van der Waals surface area contributed by atoms with Crippen molar-refractivity contribution in [2.75, 3.05) is 0 Å². The summed E-state index contributed by atoms with van der Waals surface area (Å²) in [6.45, 7) is 3.90. The van der Waals surface area contributed by atoms with Crippen molar-refractivity contribution in [2.45, 2.75) is 20.4 Å². The Hall–Kier alpha value is -6.75. The minimum Gasteiger partial charge on any atom is -0.287 e. The highest BCUT2D eigenvalue weighted by molar-refractivity contribution is 7.20. The number of carbonyl (C=O) groups excluding carboxylic acids is 2. The molecule has 6 rings (SSSR count). The Balaban J connectivity index is 0.000000330. The van der Waals surface area contributed by atoms with Crippen LogP contribution in [0.5, 0.6) is 0 Å². The fourth-order valence-corrected chi connectivity index (χ4v) is 6.88. The van der Waals surface area contributed by atoms with Crippen LogP contribution in [-0.2, 0) is 6.54 Å². The number of carbonyl (C=O) groups is 2. The molecule has 1 aromatic heterocycles. The van der Waals surface area contributed by atoms with Crippen LogP contribution in [0, 0.1) is 122 Å². The molecule has 1 heterocycles. The Morgan fingerprint density at radius 1 is 0.400 bits per heavy atom. The van der Waals surface area contributed by atoms with E-state index in [-0.39, 0.29) is 24.0 Å². The lowest BCUT2D eigenvalue weighted by molar-refractivity contribution is -0.685. The van der Waals surface area contributed by atoms with Gasteiger partial charge in [-0.3, -0.25) is 9.59 Å². The Kier molecular flexibility index (Phi) is 13.9. The number of rotatable bonds is 9. The standard InChI is InChI=1S/C24BF20.C17H18NO2/c26-5-1(6(27)14(35)21(42)13(5)34)25(2-7(28)15(36)22(43)16(37)8(2)29,3-9(30)17(38)23(44)18(39)10(3)31)4-11(32)19(40)24(45)20(41)12(4)33;1-13(2)17(20)15-10-6-7-11-18(15)12-16(19)14-8-4-3-5-9-14/h;3-11,13H,12H2,1-2H3/q-1;+1. The zero-order valence-electron chi connectivity index (χ0n) is 31.9. The topological polar surface area (TPSA) is 38.0 Å². The number of halogens is 20. The zero-order valence-corrected chi connectivity index (χ0v) is 31.9. The lowest BCUT2D eigenvalue weighted by Crippen LogP contribution is -2.81. The maximum absolute atomic E-state index is 15.4. The van der Waals surface area contributed by atoms with Crippen LogP contribution in [0.2, 0.25) is 0 Å². The average molecular weight is 947 g/mol. The monoisotopic (exact) mass is 947 g/mol. The Morgan fingerprint density at radius 2 is 0.662 bits per heavy atom. The van der Waals surface area contributed by atoms with E-state index in [1.807, 2.05) is 44.2 Å². The van der Waals surface area contributed by atoms with E-state index in [0.717, 1.165) is 0 Å². The largest absolute Gasteiger partial charge is 0.287 e. The van der Waals surface area contributed by atoms with E-state index >= 15 is 35.1 Å². The summed E-state index contributed by atoms with van der Waals surface area (Å²) in [6.07, 6.45) is -5.44. The number of hydrogen-bond donors (Lipinski definition) is 0. The summed E-state index contributed by atoms with van der Waals surface area (Å²) in [4.78, 5) is 24.4. The summed E-state index contributed by atoms with van der Waals surface area (Å²) < 4.78 is 296. The van der Waals surface area contributed by atoms with Crippen molar-refractivity contribution >= 4 is 39.6 Å². The molecule has 3 nitrogen and oxygen atoms in total. The number of ketones is 2. The van der Waals surface area contributed by atoms with E-state index in [1.54, 1.807) is 29.0 Å². The number of Topliss-reactive ketones (excluding diaryl/α,β-unsaturated/α-hetero) is 2. The summed E-state index contributed by atoms with van der Waals surface area (Å²) in [5.41, 5.74) is -13.1. The van der Waals surface area contributed by atoms with Crippen molar-refractivity contribution in [1.29, 1.82) is 0 Å². The van der Waals surface area contributed by atoms with Gasteiger partial charge in [0.2, 0.25) is 23.8 Å². The summed E-state index contributed by atoms with van der Waals surface area (Å²) in [7, 11) is 0. The smallest absolute Gasteiger partial charge is 0.249 e. The molecule has 5 aromatic carbocycles. The molecule has 0 unspecified atom stereocenters. The maximum atomic E-state index is 15.4. The fourth-order valence-electron chi connectivity index (χ4n) is 6.88. The van der Waals surface area contributed by atoms with Crippen molar-refractivity contribution in [3.63, 3.8) is 0 Å². The minimum absolute atomic E-state index is 0.000365. The molecule has 24 heteroatoms. The van der Waals surface area contributed by atoms with E-state index in [0.29, 0.717) is 11.3 Å². The van der Waals surface area contributed by atoms with Gasteiger partial charge < -0.3 is 0 Å². The number of benzene rings is 5. The van der Waals surface area contributed by atoms with Crippen LogP contribution in [0.25, 0.3) is 0 Å². The van der Waals surface area contributed by atoms with Gasteiger partial charge in [-0.2, -0.15) is 4.57 Å². The predicted octanol–water partition coefficient (Wildman–Crippen LogP) is 8.54. The highest BCUT2D eigenvalue weighted by atomic mass is 19.2. The quantitative estimate of drug-likeness (QED) is 0.0365. The third-order valence-corrected chi connectivity index (χ3v) is 9.83. The summed E-state index contributed by atoms with van der Waals surface area (Å²) in [6, 6.07) is 14.5. The van der Waals surface area contributed by atoms with Gasteiger partial charge in [0.1, 0.15) is 52.7 Å². The highest BCUT2D eigenvalue weighted by Crippen LogP contribution is 2.31. The Morgan fingerprint density at radius 3 is 0.938 bits per heavy atom. The van der Waals surface area contributed by atoms with Crippen LogP contribution in [0.4, 0.5) is 87.8 Å². The van der Waals surface area contributed by atoms with Gasteiger partial charge in [-0.1, -0.05) is 44.2 Å². The molecule has 6 aromatic rings. The molecule has 65 heavy (non-hydrogen) atoms. The molecule has 0 fully saturated rings. The van der Waals surface area contributed by atoms with Gasteiger partial charge in [0, 0.05) is 23.6 Å². The van der Waals surface area contributed by atoms with Crippen molar-refractivity contribution in [3.8, 4) is 0 Å². The van der Waals surface area contributed by atoms with Gasteiger partial charge >= 0.3 is 0 Å². The first-order valence-corrected chi connectivity index (χ1v) is 17.6. The summed E-state index contributed by atoms with van der Waals surface area (Å²) in [5.74, 6) is -71.4. The van der Waals surface area contributed by atoms with Gasteiger partial charge in [0.15, 0.2) is 76.0 Å². The average Bonchev–Trinajstić information content (AvgIpc) is 3.29. The van der Waals surface area contributed by atoms with Crippen molar-refractivity contribution in [2.24, 2.45) is 5.92 Å². The minimum atomic E-state index is -7.22. The number of hydrogen-bond acceptors (Lipinski definition) is 2. The maximum Gasteiger partial charge on any atom is 0.249 e. The lowest BCUT2D eigenvalue weighted by Gasteiger charge is -2.44. The van der Waals surface area contributed by atoms with Crippen LogP contribution in [0.15, 0.2) is 54.7 Å². The van der Waals surface area contributed by atoms with Crippen LogP contribution in [0.3, 0.4) is 0 Å². The van der Waals surface area contributed by atoms with Gasteiger partial charge in [0.25, 0.3) is 0 Å². The molecule has 0 saturated carbocycles. The second-order valence-corrected chi connectivity index (χ2v) is 13.8. The Labute approximate surface area is 350 Å². The van der Waals surface area contributed by atoms with Crippen molar-refractivity contribution < 1.29 is 102 Å². The molecule has 0 aliphatic rings. The normalized spacial score (nSPS) is 11.6. The Bertz CT molecular complexity index is 2550. The third-order valence-electron chi connectivity index (χ3n) is 9.83. The first-order valence-electron chi connectivity index (χ1n) is 17.6. The van der Waals surface area contributed by atoms with E-state index in [1.165, 1.54) is 0 Å². The zero-order chi connectivity index (χ0) is 48.9. The van der Waals surface area contributed by atoms with Gasteiger partial charge in [0.05, 0.1) is 0 Å². The molecule has 0 saturated heterocycles. The van der Waals surface area contributed by atoms with Crippen LogP contribution in [-0.4, -0.2) is 17.7 Å². The second kappa shape index (κ2) is 18.4. The number of nitrogens with zero attached hydrogens (tertiary/aromatic N) is 1. The molecular weight excluding hydrogens is 929 g/mol. The number of pyridine rings is 1. The van der Waals surface area contributed by atoms with E-state index in [2.05, 4.69) is 0 Å². The van der Waals surface area contributed by atoms with Crippen LogP contribution >= 0.6 is 0 Å². The van der Waals surface area contributed by atoms with Crippen molar-refractivity contribution in [3.05, 3.63) is 182 Å². The van der Waals surface area contributed by atoms with Crippen LogP contribution in [0.1, 0.15) is 34.7 Å². The first-order chi connectivity index (χ1) is 30.3. The lowest BCUT2D eigenvalue weighted by atomic mass is 9.12. The SMILES string of the molecule is CC(C)C(=O)c1cccc[n+]1CC(=O)c1ccccc1.Fc1c(F)c(F)c([B-](c2c(F)c(F)c(F)c(F)c2F)(c2c(F)c(F)c(F)c(F)c2F)c2c(F)c(F)c(F)c(F)c2F)c(F)c1F. The van der Waals surface area contributed by atoms with Crippen molar-refractivity contribution in [1.82, 2.24) is 0 Å². The molecule has 0 radical (unpaired) electrons. The van der Waals surface area contributed by atoms with E-state index in [4.69, 9.17) is 0 Å². The van der Waals surface area contributed by atoms with Gasteiger partial charge in [-0.25, -0.2) is 87.8 Å². The predicted molar refractivity (Wildman–Crippen MR) is 186 cm³/mol. The molecule has 0 N–H and O–H groups in total. The molecule has 0 amide bonds. The second-order valence-electron chi connectivity index (χ2n) is 13.8. The molecule has 342 valence electrons. The van der Waals surface area contributed by atoms with E-state index in [9.17, 15) is 62.3 Å². The summed E-state index contributed by atoms with van der Waals surface area (Å²) >= 11 is 0. The highest BCUT2D eigenvalue weighted by Gasteiger charge is 2.52. The van der Waals surface area contributed by atoms with E-state index < -0.39 is 144 Å². The molecule has 0 aliphatic heterocycles. The molecule has 0 aliphatic carbocycles. The summed E-state index contributed by atoms with van der Waals surface area (Å²) in [5, 5.41) is 0.